The zero-order chi connectivity index (χ0) is 22.3. The number of aryl methyl sites for hydroxylation is 2. The molecule has 1 aliphatic heterocycles. The molecule has 0 fully saturated rings. The second-order valence-electron chi connectivity index (χ2n) is 7.10. The largest absolute Gasteiger partial charge is 0.417 e. The number of rotatable bonds is 3. The number of thioether (sulfide) groups is 1. The van der Waals surface area contributed by atoms with Gasteiger partial charge >= 0.3 is 6.18 Å². The molecule has 1 aliphatic rings. The van der Waals surface area contributed by atoms with E-state index in [0.29, 0.717) is 11.0 Å². The summed E-state index contributed by atoms with van der Waals surface area (Å²) in [7, 11) is 0. The molecule has 0 bridgehead atoms. The van der Waals surface area contributed by atoms with E-state index in [1.165, 1.54) is 17.8 Å². The lowest BCUT2D eigenvalue weighted by Crippen LogP contribution is -2.41. The number of hydrogen-bond donors (Lipinski definition) is 2. The summed E-state index contributed by atoms with van der Waals surface area (Å²) in [4.78, 5) is 13.1. The average Bonchev–Trinajstić information content (AvgIpc) is 3.08. The number of benzene rings is 2. The standard InChI is InChI=1S/C20H17ClF3N5OS/c1-10-3-5-12(6-4-10)16-17(31-19-27-26-11(2)29(19)28-16)18(30)25-13-7-8-15(21)14(9-13)20(22,23)24/h3-9,16-17,28H,1-2H3,(H,25,30)/t16-,17+/m0/s1. The van der Waals surface area contributed by atoms with Gasteiger partial charge in [0.2, 0.25) is 11.1 Å². The first-order valence-corrected chi connectivity index (χ1v) is 10.5. The van der Waals surface area contributed by atoms with Gasteiger partial charge in [0, 0.05) is 5.69 Å². The van der Waals surface area contributed by atoms with Crippen LogP contribution in [0, 0.1) is 13.8 Å². The van der Waals surface area contributed by atoms with Crippen LogP contribution in [0.4, 0.5) is 18.9 Å². The molecule has 0 unspecified atom stereocenters. The van der Waals surface area contributed by atoms with Crippen molar-refractivity contribution in [1.29, 1.82) is 0 Å². The third kappa shape index (κ3) is 4.35. The SMILES string of the molecule is Cc1ccc([C@@H]2Nn3c(C)nnc3S[C@H]2C(=O)Nc2ccc(Cl)c(C(F)(F)F)c2)cc1. The molecule has 0 spiro atoms. The van der Waals surface area contributed by atoms with Gasteiger partial charge in [-0.25, -0.2) is 4.68 Å². The number of fused-ring (bicyclic) bond motifs is 1. The number of carbonyl (C=O) groups excluding carboxylic acids is 1. The average molecular weight is 468 g/mol. The molecule has 0 saturated carbocycles. The summed E-state index contributed by atoms with van der Waals surface area (Å²) in [5.41, 5.74) is 4.17. The quantitative estimate of drug-likeness (QED) is 0.569. The van der Waals surface area contributed by atoms with Crippen LogP contribution in [0.3, 0.4) is 0 Å². The summed E-state index contributed by atoms with van der Waals surface area (Å²) < 4.78 is 41.2. The molecule has 11 heteroatoms. The summed E-state index contributed by atoms with van der Waals surface area (Å²) in [6.07, 6.45) is -4.63. The van der Waals surface area contributed by atoms with Gasteiger partial charge in [-0.1, -0.05) is 53.2 Å². The van der Waals surface area contributed by atoms with Gasteiger partial charge < -0.3 is 10.7 Å². The van der Waals surface area contributed by atoms with Gasteiger partial charge in [0.15, 0.2) is 0 Å². The summed E-state index contributed by atoms with van der Waals surface area (Å²) in [6, 6.07) is 10.5. The van der Waals surface area contributed by atoms with Gasteiger partial charge in [-0.15, -0.1) is 10.2 Å². The highest BCUT2D eigenvalue weighted by Gasteiger charge is 2.38. The minimum absolute atomic E-state index is 0.00759. The maximum Gasteiger partial charge on any atom is 0.417 e. The van der Waals surface area contributed by atoms with E-state index >= 15 is 0 Å². The van der Waals surface area contributed by atoms with Gasteiger partial charge in [0.05, 0.1) is 16.6 Å². The van der Waals surface area contributed by atoms with Crippen LogP contribution in [0.15, 0.2) is 47.6 Å². The smallest absolute Gasteiger partial charge is 0.325 e. The zero-order valence-electron chi connectivity index (χ0n) is 16.4. The van der Waals surface area contributed by atoms with Crippen LogP contribution in [0.2, 0.25) is 5.02 Å². The molecular weight excluding hydrogens is 451 g/mol. The Morgan fingerprint density at radius 2 is 1.87 bits per heavy atom. The number of nitrogens with zero attached hydrogens (tertiary/aromatic N) is 3. The number of halogens is 4. The minimum atomic E-state index is -4.63. The Labute approximate surface area is 185 Å². The van der Waals surface area contributed by atoms with Gasteiger partial charge in [-0.05, 0) is 37.6 Å². The van der Waals surface area contributed by atoms with E-state index in [4.69, 9.17) is 11.6 Å². The van der Waals surface area contributed by atoms with E-state index in [2.05, 4.69) is 20.9 Å². The molecule has 31 heavy (non-hydrogen) atoms. The molecule has 0 aliphatic carbocycles. The Morgan fingerprint density at radius 1 is 1.16 bits per heavy atom. The summed E-state index contributed by atoms with van der Waals surface area (Å²) >= 11 is 6.87. The molecule has 3 aromatic rings. The van der Waals surface area contributed by atoms with Crippen LogP contribution in [0.1, 0.15) is 28.6 Å². The fourth-order valence-corrected chi connectivity index (χ4v) is 4.57. The first-order valence-electron chi connectivity index (χ1n) is 9.23. The van der Waals surface area contributed by atoms with Crippen molar-refractivity contribution < 1.29 is 18.0 Å². The highest BCUT2D eigenvalue weighted by molar-refractivity contribution is 8.00. The van der Waals surface area contributed by atoms with Crippen molar-refractivity contribution >= 4 is 35.0 Å². The Morgan fingerprint density at radius 3 is 2.55 bits per heavy atom. The third-order valence-corrected chi connectivity index (χ3v) is 6.38. The molecule has 6 nitrogen and oxygen atoms in total. The molecule has 0 radical (unpaired) electrons. The molecule has 0 saturated heterocycles. The van der Waals surface area contributed by atoms with Crippen LogP contribution in [0.5, 0.6) is 0 Å². The molecule has 2 atom stereocenters. The van der Waals surface area contributed by atoms with Crippen molar-refractivity contribution in [2.75, 3.05) is 10.7 Å². The molecule has 1 amide bonds. The third-order valence-electron chi connectivity index (χ3n) is 4.83. The van der Waals surface area contributed by atoms with Crippen LogP contribution in [0.25, 0.3) is 0 Å². The Bertz CT molecular complexity index is 1130. The van der Waals surface area contributed by atoms with Crippen LogP contribution >= 0.6 is 23.4 Å². The van der Waals surface area contributed by atoms with Crippen LogP contribution in [-0.4, -0.2) is 26.0 Å². The number of carbonyl (C=O) groups is 1. The molecular formula is C20H17ClF3N5OS. The predicted octanol–water partition coefficient (Wildman–Crippen LogP) is 4.96. The van der Waals surface area contributed by atoms with Crippen molar-refractivity contribution in [1.82, 2.24) is 14.9 Å². The van der Waals surface area contributed by atoms with Crippen molar-refractivity contribution in [2.45, 2.75) is 36.5 Å². The maximum atomic E-state index is 13.2. The van der Waals surface area contributed by atoms with E-state index in [9.17, 15) is 18.0 Å². The molecule has 1 aromatic heterocycles. The molecule has 2 aromatic carbocycles. The summed E-state index contributed by atoms with van der Waals surface area (Å²) in [5, 5.41) is 10.0. The first kappa shape index (κ1) is 21.5. The second kappa shape index (κ2) is 8.08. The minimum Gasteiger partial charge on any atom is -0.325 e. The van der Waals surface area contributed by atoms with E-state index in [1.807, 2.05) is 31.2 Å². The summed E-state index contributed by atoms with van der Waals surface area (Å²) in [5.74, 6) is 0.163. The van der Waals surface area contributed by atoms with Gasteiger partial charge in [0.1, 0.15) is 11.1 Å². The first-order chi connectivity index (χ1) is 14.6. The Kier molecular flexibility index (Phi) is 5.61. The number of alkyl halides is 3. The lowest BCUT2D eigenvalue weighted by atomic mass is 10.0. The van der Waals surface area contributed by atoms with E-state index in [0.717, 1.165) is 23.3 Å². The lowest BCUT2D eigenvalue weighted by Gasteiger charge is -2.32. The van der Waals surface area contributed by atoms with E-state index < -0.39 is 34.0 Å². The van der Waals surface area contributed by atoms with Crippen LogP contribution < -0.4 is 10.7 Å². The molecule has 4 rings (SSSR count). The van der Waals surface area contributed by atoms with Crippen molar-refractivity contribution in [3.05, 3.63) is 70.0 Å². The van der Waals surface area contributed by atoms with Crippen molar-refractivity contribution in [3.8, 4) is 0 Å². The normalized spacial score (nSPS) is 18.3. The number of hydrogen-bond acceptors (Lipinski definition) is 5. The topological polar surface area (TPSA) is 71.8 Å². The fourth-order valence-electron chi connectivity index (χ4n) is 3.22. The van der Waals surface area contributed by atoms with Gasteiger partial charge in [-0.2, -0.15) is 13.2 Å². The fraction of sp³-hybridized carbons (Fsp3) is 0.250. The van der Waals surface area contributed by atoms with E-state index in [1.54, 1.807) is 11.6 Å². The monoisotopic (exact) mass is 467 g/mol. The summed E-state index contributed by atoms with van der Waals surface area (Å²) in [6.45, 7) is 3.74. The number of aromatic nitrogens is 3. The lowest BCUT2D eigenvalue weighted by molar-refractivity contribution is -0.137. The predicted molar refractivity (Wildman–Crippen MR) is 113 cm³/mol. The molecule has 2 N–H and O–H groups in total. The van der Waals surface area contributed by atoms with Crippen molar-refractivity contribution in [3.63, 3.8) is 0 Å². The van der Waals surface area contributed by atoms with Gasteiger partial charge in [0.25, 0.3) is 0 Å². The molecule has 162 valence electrons. The van der Waals surface area contributed by atoms with Crippen molar-refractivity contribution in [2.24, 2.45) is 0 Å². The Hall–Kier alpha value is -2.72. The highest BCUT2D eigenvalue weighted by atomic mass is 35.5. The molecule has 2 heterocycles. The number of nitrogens with one attached hydrogen (secondary N) is 2. The van der Waals surface area contributed by atoms with Gasteiger partial charge in [-0.3, -0.25) is 4.79 Å². The number of amides is 1. The van der Waals surface area contributed by atoms with Crippen LogP contribution in [-0.2, 0) is 11.0 Å². The number of anilines is 1. The van der Waals surface area contributed by atoms with E-state index in [-0.39, 0.29) is 5.69 Å². The second-order valence-corrected chi connectivity index (χ2v) is 8.62. The zero-order valence-corrected chi connectivity index (χ0v) is 17.9. The maximum absolute atomic E-state index is 13.2. The highest BCUT2D eigenvalue weighted by Crippen LogP contribution is 2.39. The Balaban J connectivity index is 1.65.